The van der Waals surface area contributed by atoms with Crippen LogP contribution >= 0.6 is 15.9 Å². The van der Waals surface area contributed by atoms with Crippen LogP contribution in [0.2, 0.25) is 0 Å². The van der Waals surface area contributed by atoms with Crippen molar-refractivity contribution in [1.82, 2.24) is 25.8 Å². The van der Waals surface area contributed by atoms with Crippen LogP contribution in [0.1, 0.15) is 11.9 Å². The molecule has 7 nitrogen and oxygen atoms in total. The molecule has 1 amide bonds. The SMILES string of the molecule is O=C1CNC(c2nc(-c3ncccc3Br)no2)CN1. The third-order valence-corrected chi connectivity index (χ3v) is 3.36. The van der Waals surface area contributed by atoms with Gasteiger partial charge in [0, 0.05) is 17.2 Å². The van der Waals surface area contributed by atoms with E-state index in [4.69, 9.17) is 4.52 Å². The summed E-state index contributed by atoms with van der Waals surface area (Å²) in [6, 6.07) is 3.51. The summed E-state index contributed by atoms with van der Waals surface area (Å²) in [5, 5.41) is 9.67. The van der Waals surface area contributed by atoms with Crippen molar-refractivity contribution in [3.63, 3.8) is 0 Å². The van der Waals surface area contributed by atoms with Crippen molar-refractivity contribution >= 4 is 21.8 Å². The van der Waals surface area contributed by atoms with Crippen molar-refractivity contribution < 1.29 is 9.32 Å². The Hall–Kier alpha value is -1.80. The number of aromatic nitrogens is 3. The summed E-state index contributed by atoms with van der Waals surface area (Å²) in [5.74, 6) is 0.817. The van der Waals surface area contributed by atoms with E-state index in [9.17, 15) is 4.79 Å². The third-order valence-electron chi connectivity index (χ3n) is 2.72. The first-order chi connectivity index (χ1) is 9.24. The number of hydrogen-bond donors (Lipinski definition) is 2. The Morgan fingerprint density at radius 1 is 1.47 bits per heavy atom. The standard InChI is InChI=1S/C11H10BrN5O2/c12-6-2-1-3-13-9(6)10-16-11(19-17-10)7-4-15-8(18)5-14-7/h1-3,7,14H,4-5H2,(H,15,18). The fourth-order valence-electron chi connectivity index (χ4n) is 1.76. The second kappa shape index (κ2) is 5.06. The van der Waals surface area contributed by atoms with Crippen LogP contribution in [0.4, 0.5) is 0 Å². The molecule has 0 aliphatic carbocycles. The fraction of sp³-hybridized carbons (Fsp3) is 0.273. The molecule has 1 aliphatic heterocycles. The number of hydrogen-bond acceptors (Lipinski definition) is 6. The molecule has 3 heterocycles. The van der Waals surface area contributed by atoms with Gasteiger partial charge in [-0.25, -0.2) is 0 Å². The highest BCUT2D eigenvalue weighted by molar-refractivity contribution is 9.10. The zero-order chi connectivity index (χ0) is 13.2. The van der Waals surface area contributed by atoms with Gasteiger partial charge in [0.25, 0.3) is 0 Å². The van der Waals surface area contributed by atoms with Crippen molar-refractivity contribution in [3.8, 4) is 11.5 Å². The van der Waals surface area contributed by atoms with Crippen LogP contribution in [-0.2, 0) is 4.79 Å². The first-order valence-electron chi connectivity index (χ1n) is 5.68. The minimum absolute atomic E-state index is 0.0385. The summed E-state index contributed by atoms with van der Waals surface area (Å²) >= 11 is 3.39. The van der Waals surface area contributed by atoms with Crippen LogP contribution in [0.25, 0.3) is 11.5 Å². The summed E-state index contributed by atoms with van der Waals surface area (Å²) in [4.78, 5) is 19.6. The molecule has 1 atom stereocenters. The molecule has 0 spiro atoms. The van der Waals surface area contributed by atoms with Crippen LogP contribution < -0.4 is 10.6 Å². The maximum absolute atomic E-state index is 11.1. The molecule has 1 aliphatic rings. The van der Waals surface area contributed by atoms with E-state index < -0.39 is 0 Å². The maximum Gasteiger partial charge on any atom is 0.245 e. The summed E-state index contributed by atoms with van der Waals surface area (Å²) in [7, 11) is 0. The number of rotatable bonds is 2. The molecule has 0 saturated carbocycles. The van der Waals surface area contributed by atoms with E-state index in [0.717, 1.165) is 4.47 Å². The summed E-state index contributed by atoms with van der Waals surface area (Å²) in [5.41, 5.74) is 0.623. The quantitative estimate of drug-likeness (QED) is 0.843. The number of piperazine rings is 1. The van der Waals surface area contributed by atoms with Gasteiger partial charge >= 0.3 is 0 Å². The Kier molecular flexibility index (Phi) is 3.26. The number of carbonyl (C=O) groups is 1. The lowest BCUT2D eigenvalue weighted by Crippen LogP contribution is -2.47. The molecule has 0 aromatic carbocycles. The van der Waals surface area contributed by atoms with E-state index in [2.05, 4.69) is 41.7 Å². The van der Waals surface area contributed by atoms with Gasteiger partial charge in [0.1, 0.15) is 11.7 Å². The number of nitrogens with zero attached hydrogens (tertiary/aromatic N) is 3. The lowest BCUT2D eigenvalue weighted by molar-refractivity contribution is -0.121. The van der Waals surface area contributed by atoms with E-state index in [1.54, 1.807) is 6.20 Å². The Morgan fingerprint density at radius 2 is 2.37 bits per heavy atom. The first kappa shape index (κ1) is 12.2. The fourth-order valence-corrected chi connectivity index (χ4v) is 2.20. The molecule has 3 rings (SSSR count). The number of halogens is 1. The predicted octanol–water partition coefficient (Wildman–Crippen LogP) is 0.655. The minimum Gasteiger partial charge on any atom is -0.353 e. The maximum atomic E-state index is 11.1. The van der Waals surface area contributed by atoms with Gasteiger partial charge in [-0.2, -0.15) is 4.98 Å². The third kappa shape index (κ3) is 2.49. The largest absolute Gasteiger partial charge is 0.353 e. The van der Waals surface area contributed by atoms with E-state index in [-0.39, 0.29) is 18.5 Å². The smallest absolute Gasteiger partial charge is 0.245 e. The number of pyridine rings is 1. The molecular weight excluding hydrogens is 314 g/mol. The van der Waals surface area contributed by atoms with Crippen molar-refractivity contribution in [3.05, 3.63) is 28.7 Å². The normalized spacial score (nSPS) is 19.2. The molecule has 1 unspecified atom stereocenters. The highest BCUT2D eigenvalue weighted by Gasteiger charge is 2.24. The topological polar surface area (TPSA) is 92.9 Å². The first-order valence-corrected chi connectivity index (χ1v) is 6.48. The molecule has 2 N–H and O–H groups in total. The van der Waals surface area contributed by atoms with E-state index in [0.29, 0.717) is 24.0 Å². The van der Waals surface area contributed by atoms with Crippen molar-refractivity contribution in [2.45, 2.75) is 6.04 Å². The Labute approximate surface area is 116 Å². The van der Waals surface area contributed by atoms with Gasteiger partial charge in [-0.3, -0.25) is 15.1 Å². The molecule has 19 heavy (non-hydrogen) atoms. The average Bonchev–Trinajstić information content (AvgIpc) is 2.89. The van der Waals surface area contributed by atoms with Crippen LogP contribution in [0.5, 0.6) is 0 Å². The molecule has 0 bridgehead atoms. The Balaban J connectivity index is 1.84. The molecular formula is C11H10BrN5O2. The van der Waals surface area contributed by atoms with Crippen LogP contribution in [-0.4, -0.2) is 34.1 Å². The highest BCUT2D eigenvalue weighted by atomic mass is 79.9. The molecule has 98 valence electrons. The summed E-state index contributed by atoms with van der Waals surface area (Å²) in [6.07, 6.45) is 1.66. The summed E-state index contributed by atoms with van der Waals surface area (Å²) in [6.45, 7) is 0.680. The number of amides is 1. The number of carbonyl (C=O) groups excluding carboxylic acids is 1. The van der Waals surface area contributed by atoms with Gasteiger partial charge in [-0.15, -0.1) is 0 Å². The molecule has 0 radical (unpaired) electrons. The molecule has 8 heteroatoms. The summed E-state index contributed by atoms with van der Waals surface area (Å²) < 4.78 is 6.01. The zero-order valence-corrected chi connectivity index (χ0v) is 11.3. The van der Waals surface area contributed by atoms with Gasteiger partial charge in [-0.1, -0.05) is 5.16 Å². The monoisotopic (exact) mass is 323 g/mol. The van der Waals surface area contributed by atoms with Gasteiger partial charge < -0.3 is 9.84 Å². The van der Waals surface area contributed by atoms with Gasteiger partial charge in [-0.05, 0) is 28.1 Å². The van der Waals surface area contributed by atoms with Crippen molar-refractivity contribution in [2.24, 2.45) is 0 Å². The Morgan fingerprint density at radius 3 is 3.11 bits per heavy atom. The minimum atomic E-state index is -0.165. The van der Waals surface area contributed by atoms with E-state index >= 15 is 0 Å². The molecule has 1 fully saturated rings. The predicted molar refractivity (Wildman–Crippen MR) is 69.0 cm³/mol. The highest BCUT2D eigenvalue weighted by Crippen LogP contribution is 2.24. The van der Waals surface area contributed by atoms with Crippen molar-refractivity contribution in [1.29, 1.82) is 0 Å². The molecule has 2 aromatic rings. The van der Waals surface area contributed by atoms with Crippen LogP contribution in [0.15, 0.2) is 27.3 Å². The van der Waals surface area contributed by atoms with E-state index in [1.165, 1.54) is 0 Å². The van der Waals surface area contributed by atoms with Gasteiger partial charge in [0.05, 0.1) is 6.54 Å². The number of nitrogens with one attached hydrogen (secondary N) is 2. The van der Waals surface area contributed by atoms with Gasteiger partial charge in [0.2, 0.25) is 17.6 Å². The van der Waals surface area contributed by atoms with Gasteiger partial charge in [0.15, 0.2) is 0 Å². The lowest BCUT2D eigenvalue weighted by Gasteiger charge is -2.20. The second-order valence-corrected chi connectivity index (χ2v) is 4.88. The second-order valence-electron chi connectivity index (χ2n) is 4.03. The average molecular weight is 324 g/mol. The van der Waals surface area contributed by atoms with Crippen molar-refractivity contribution in [2.75, 3.05) is 13.1 Å². The van der Waals surface area contributed by atoms with Crippen LogP contribution in [0.3, 0.4) is 0 Å². The Bertz CT molecular complexity index is 605. The lowest BCUT2D eigenvalue weighted by atomic mass is 10.2. The molecule has 1 saturated heterocycles. The van der Waals surface area contributed by atoms with E-state index in [1.807, 2.05) is 12.1 Å². The molecule has 2 aromatic heterocycles. The zero-order valence-electron chi connectivity index (χ0n) is 9.76. The van der Waals surface area contributed by atoms with Crippen LogP contribution in [0, 0.1) is 0 Å².